The highest BCUT2D eigenvalue weighted by molar-refractivity contribution is 6.05. The van der Waals surface area contributed by atoms with Gasteiger partial charge in [0.15, 0.2) is 0 Å². The maximum atomic E-state index is 9.77. The second-order valence-corrected chi connectivity index (χ2v) is 6.10. The largest absolute Gasteiger partial charge is 0.192 e. The third kappa shape index (κ3) is 2.71. The van der Waals surface area contributed by atoms with E-state index in [0.717, 1.165) is 32.7 Å². The number of fused-ring (bicyclic) bond motifs is 2. The number of hydrogen-bond donors (Lipinski definition) is 0. The van der Waals surface area contributed by atoms with Gasteiger partial charge in [-0.1, -0.05) is 72.8 Å². The Bertz CT molecular complexity index is 1150. The van der Waals surface area contributed by atoms with Crippen molar-refractivity contribution in [2.75, 3.05) is 0 Å². The third-order valence-electron chi connectivity index (χ3n) is 4.55. The van der Waals surface area contributed by atoms with Crippen LogP contribution < -0.4 is 0 Å². The van der Waals surface area contributed by atoms with Crippen LogP contribution in [-0.2, 0) is 0 Å². The van der Waals surface area contributed by atoms with Crippen LogP contribution in [0.3, 0.4) is 0 Å². The Kier molecular flexibility index (Phi) is 3.94. The molecule has 0 aromatic heterocycles. The zero-order valence-corrected chi connectivity index (χ0v) is 14.0. The summed E-state index contributed by atoms with van der Waals surface area (Å²) < 4.78 is 0. The third-order valence-corrected chi connectivity index (χ3v) is 4.55. The van der Waals surface area contributed by atoms with E-state index in [4.69, 9.17) is 0 Å². The fraction of sp³-hybridized carbons (Fsp3) is 0. The quantitative estimate of drug-likeness (QED) is 0.337. The minimum atomic E-state index is 0.397. The highest BCUT2D eigenvalue weighted by Gasteiger charge is 2.12. The van der Waals surface area contributed by atoms with Crippen molar-refractivity contribution in [3.63, 3.8) is 0 Å². The summed E-state index contributed by atoms with van der Waals surface area (Å²) >= 11 is 0. The van der Waals surface area contributed by atoms with Crippen LogP contribution in [0.2, 0.25) is 0 Å². The van der Waals surface area contributed by atoms with Gasteiger partial charge in [0.2, 0.25) is 0 Å². The molecule has 0 aliphatic heterocycles. The van der Waals surface area contributed by atoms with Crippen LogP contribution in [0.15, 0.2) is 84.9 Å². The summed E-state index contributed by atoms with van der Waals surface area (Å²) in [7, 11) is 0. The van der Waals surface area contributed by atoms with Gasteiger partial charge in [-0.2, -0.15) is 10.5 Å². The summed E-state index contributed by atoms with van der Waals surface area (Å²) in [5.41, 5.74) is 2.31. The van der Waals surface area contributed by atoms with E-state index in [-0.39, 0.29) is 0 Å². The van der Waals surface area contributed by atoms with Crippen molar-refractivity contribution in [1.82, 2.24) is 0 Å². The first-order valence-electron chi connectivity index (χ1n) is 8.33. The van der Waals surface area contributed by atoms with Crippen molar-refractivity contribution in [1.29, 1.82) is 10.5 Å². The van der Waals surface area contributed by atoms with Crippen LogP contribution >= 0.6 is 0 Å². The van der Waals surface area contributed by atoms with Crippen molar-refractivity contribution >= 4 is 32.7 Å². The van der Waals surface area contributed by atoms with Gasteiger partial charge in [0.25, 0.3) is 0 Å². The zero-order valence-electron chi connectivity index (χ0n) is 14.0. The van der Waals surface area contributed by atoms with Gasteiger partial charge in [-0.15, -0.1) is 0 Å². The van der Waals surface area contributed by atoms with E-state index in [1.54, 1.807) is 0 Å². The molecule has 0 bridgehead atoms. The molecule has 0 unspecified atom stereocenters. The summed E-state index contributed by atoms with van der Waals surface area (Å²) in [6.07, 6.45) is 0. The van der Waals surface area contributed by atoms with Gasteiger partial charge in [0.1, 0.15) is 12.1 Å². The van der Waals surface area contributed by atoms with Crippen molar-refractivity contribution in [3.05, 3.63) is 96.1 Å². The first-order valence-corrected chi connectivity index (χ1v) is 8.33. The number of allylic oxidation sites excluding steroid dienone is 2. The maximum Gasteiger partial charge on any atom is 0.101 e. The molecule has 0 aliphatic carbocycles. The molecule has 2 heteroatoms. The number of benzene rings is 4. The topological polar surface area (TPSA) is 47.6 Å². The molecule has 0 N–H and O–H groups in total. The molecule has 0 heterocycles. The molecule has 0 fully saturated rings. The molecular formula is C24H14N2. The van der Waals surface area contributed by atoms with Gasteiger partial charge in [0.05, 0.1) is 11.1 Å². The summed E-state index contributed by atoms with van der Waals surface area (Å²) in [5.74, 6) is 0. The van der Waals surface area contributed by atoms with Crippen molar-refractivity contribution in [3.8, 4) is 12.1 Å². The van der Waals surface area contributed by atoms with E-state index < -0.39 is 0 Å². The van der Waals surface area contributed by atoms with E-state index in [9.17, 15) is 10.5 Å². The Morgan fingerprint density at radius 2 is 0.885 bits per heavy atom. The smallest absolute Gasteiger partial charge is 0.101 e. The normalized spacial score (nSPS) is 11.6. The average Bonchev–Trinajstić information content (AvgIpc) is 2.71. The lowest BCUT2D eigenvalue weighted by atomic mass is 9.93. The fourth-order valence-electron chi connectivity index (χ4n) is 3.22. The average molecular weight is 330 g/mol. The molecule has 26 heavy (non-hydrogen) atoms. The van der Waals surface area contributed by atoms with Crippen LogP contribution in [-0.4, -0.2) is 0 Å². The first-order chi connectivity index (χ1) is 12.8. The number of nitriles is 2. The SMILES string of the molecule is N#C/C(=C(/C#N)c1ccc2ccccc2c1)c1ccc2ccccc2c1. The van der Waals surface area contributed by atoms with Crippen molar-refractivity contribution in [2.24, 2.45) is 0 Å². The molecule has 0 spiro atoms. The molecule has 4 rings (SSSR count). The number of nitrogens with zero attached hydrogens (tertiary/aromatic N) is 2. The van der Waals surface area contributed by atoms with Crippen LogP contribution in [0, 0.1) is 22.7 Å². The van der Waals surface area contributed by atoms with E-state index in [0.29, 0.717) is 11.1 Å². The molecule has 120 valence electrons. The van der Waals surface area contributed by atoms with Crippen LogP contribution in [0.1, 0.15) is 11.1 Å². The summed E-state index contributed by atoms with van der Waals surface area (Å²) in [4.78, 5) is 0. The van der Waals surface area contributed by atoms with Crippen LogP contribution in [0.5, 0.6) is 0 Å². The fourth-order valence-corrected chi connectivity index (χ4v) is 3.22. The van der Waals surface area contributed by atoms with Gasteiger partial charge in [-0.05, 0) is 44.8 Å². The zero-order chi connectivity index (χ0) is 17.9. The molecule has 0 saturated carbocycles. The Hall–Kier alpha value is -3.88. The number of rotatable bonds is 2. The summed E-state index contributed by atoms with van der Waals surface area (Å²) in [5, 5.41) is 23.9. The monoisotopic (exact) mass is 330 g/mol. The Labute approximate surface area is 151 Å². The molecule has 0 aliphatic rings. The Morgan fingerprint density at radius 3 is 1.27 bits per heavy atom. The second kappa shape index (κ2) is 6.55. The van der Waals surface area contributed by atoms with Gasteiger partial charge in [-0.3, -0.25) is 0 Å². The molecule has 0 atom stereocenters. The Balaban J connectivity index is 1.93. The van der Waals surface area contributed by atoms with E-state index in [2.05, 4.69) is 12.1 Å². The molecular weight excluding hydrogens is 316 g/mol. The predicted octanol–water partition coefficient (Wildman–Crippen LogP) is 5.95. The Morgan fingerprint density at radius 1 is 0.500 bits per heavy atom. The lowest BCUT2D eigenvalue weighted by Crippen LogP contribution is -1.90. The lowest BCUT2D eigenvalue weighted by molar-refractivity contribution is 1.50. The lowest BCUT2D eigenvalue weighted by Gasteiger charge is -2.07. The summed E-state index contributed by atoms with van der Waals surface area (Å²) in [6.45, 7) is 0. The van der Waals surface area contributed by atoms with Crippen LogP contribution in [0.4, 0.5) is 0 Å². The highest BCUT2D eigenvalue weighted by atomic mass is 14.3. The molecule has 0 saturated heterocycles. The number of hydrogen-bond acceptors (Lipinski definition) is 2. The van der Waals surface area contributed by atoms with Crippen molar-refractivity contribution in [2.45, 2.75) is 0 Å². The first kappa shape index (κ1) is 15.6. The highest BCUT2D eigenvalue weighted by Crippen LogP contribution is 2.29. The van der Waals surface area contributed by atoms with E-state index >= 15 is 0 Å². The van der Waals surface area contributed by atoms with E-state index in [1.165, 1.54) is 0 Å². The molecule has 0 radical (unpaired) electrons. The van der Waals surface area contributed by atoms with Gasteiger partial charge in [0, 0.05) is 0 Å². The standard InChI is InChI=1S/C24H14N2/c25-15-23(21-11-9-17-5-1-3-7-19(17)13-21)24(16-26)22-12-10-18-6-2-4-8-20(18)14-22/h1-14H/b24-23+. The minimum Gasteiger partial charge on any atom is -0.192 e. The predicted molar refractivity (Wildman–Crippen MR) is 106 cm³/mol. The summed E-state index contributed by atoms with van der Waals surface area (Å²) in [6, 6.07) is 32.2. The maximum absolute atomic E-state index is 9.77. The molecule has 0 amide bonds. The van der Waals surface area contributed by atoms with Crippen LogP contribution in [0.25, 0.3) is 32.7 Å². The molecule has 2 nitrogen and oxygen atoms in total. The van der Waals surface area contributed by atoms with Gasteiger partial charge in [-0.25, -0.2) is 0 Å². The second-order valence-electron chi connectivity index (χ2n) is 6.10. The van der Waals surface area contributed by atoms with Gasteiger partial charge < -0.3 is 0 Å². The van der Waals surface area contributed by atoms with Crippen molar-refractivity contribution < 1.29 is 0 Å². The minimum absolute atomic E-state index is 0.397. The van der Waals surface area contributed by atoms with Gasteiger partial charge >= 0.3 is 0 Å². The molecule has 4 aromatic carbocycles. The molecule has 4 aromatic rings. The van der Waals surface area contributed by atoms with E-state index in [1.807, 2.05) is 84.9 Å².